The Bertz CT molecular complexity index is 677. The molecule has 2 atom stereocenters. The highest BCUT2D eigenvalue weighted by Gasteiger charge is 2.18. The first-order valence-corrected chi connectivity index (χ1v) is 7.59. The van der Waals surface area contributed by atoms with Gasteiger partial charge in [-0.05, 0) is 13.0 Å². The van der Waals surface area contributed by atoms with E-state index in [0.29, 0.717) is 16.5 Å². The average Bonchev–Trinajstić information content (AvgIpc) is 3.14. The number of carbonyl (C=O) groups excluding carboxylic acids is 2. The number of methoxy groups -OCH3 is 1. The molecular weight excluding hydrogens is 304 g/mol. The smallest absolute Gasteiger partial charge is 0.354 e. The molecule has 0 saturated heterocycles. The summed E-state index contributed by atoms with van der Waals surface area (Å²) in [7, 11) is 1.32. The molecule has 1 amide bonds. The summed E-state index contributed by atoms with van der Waals surface area (Å²) in [5, 5.41) is 5.04. The molecule has 2 rings (SSSR count). The zero-order valence-corrected chi connectivity index (χ0v) is 13.4. The van der Waals surface area contributed by atoms with Gasteiger partial charge in [0, 0.05) is 23.2 Å². The first-order chi connectivity index (χ1) is 10.4. The van der Waals surface area contributed by atoms with Gasteiger partial charge in [-0.1, -0.05) is 6.92 Å². The first kappa shape index (κ1) is 16.2. The molecule has 2 unspecified atom stereocenters. The van der Waals surface area contributed by atoms with Crippen molar-refractivity contribution in [3.8, 4) is 11.3 Å². The molecule has 2 heterocycles. The predicted octanol–water partition coefficient (Wildman–Crippen LogP) is 1.85. The standard InChI is InChI=1S/C14H18N4O3S/c1-7(8(2)15)12(19)18-14-17-11(6-22-14)9-4-10(16-5-9)13(20)21-3/h4-8,16H,15H2,1-3H3,(H,17,18,19). The third-order valence-electron chi connectivity index (χ3n) is 3.32. The Labute approximate surface area is 131 Å². The summed E-state index contributed by atoms with van der Waals surface area (Å²) in [4.78, 5) is 30.5. The fraction of sp³-hybridized carbons (Fsp3) is 0.357. The minimum absolute atomic E-state index is 0.166. The van der Waals surface area contributed by atoms with Crippen molar-refractivity contribution in [1.82, 2.24) is 9.97 Å². The third kappa shape index (κ3) is 3.52. The molecule has 4 N–H and O–H groups in total. The number of aromatic nitrogens is 2. The Kier molecular flexibility index (Phi) is 4.94. The van der Waals surface area contributed by atoms with Crippen LogP contribution in [0.4, 0.5) is 5.13 Å². The molecule has 2 aromatic heterocycles. The molecule has 0 fully saturated rings. The van der Waals surface area contributed by atoms with Crippen molar-refractivity contribution in [2.75, 3.05) is 12.4 Å². The van der Waals surface area contributed by atoms with E-state index in [1.54, 1.807) is 31.5 Å². The molecule has 0 bridgehead atoms. The lowest BCUT2D eigenvalue weighted by atomic mass is 10.0. The fourth-order valence-electron chi connectivity index (χ4n) is 1.69. The van der Waals surface area contributed by atoms with Crippen molar-refractivity contribution >= 4 is 28.3 Å². The van der Waals surface area contributed by atoms with Crippen LogP contribution in [-0.2, 0) is 9.53 Å². The lowest BCUT2D eigenvalue weighted by Gasteiger charge is -2.13. The molecular formula is C14H18N4O3S. The van der Waals surface area contributed by atoms with Gasteiger partial charge in [0.15, 0.2) is 5.13 Å². The van der Waals surface area contributed by atoms with E-state index in [9.17, 15) is 9.59 Å². The van der Waals surface area contributed by atoms with E-state index in [4.69, 9.17) is 5.73 Å². The van der Waals surface area contributed by atoms with Gasteiger partial charge in [-0.15, -0.1) is 11.3 Å². The number of hydrogen-bond acceptors (Lipinski definition) is 6. The SMILES string of the molecule is COC(=O)c1cc(-c2csc(NC(=O)C(C)C(C)N)n2)c[nH]1. The summed E-state index contributed by atoms with van der Waals surface area (Å²) in [6.45, 7) is 3.55. The van der Waals surface area contributed by atoms with Crippen LogP contribution in [0.5, 0.6) is 0 Å². The number of amides is 1. The summed E-state index contributed by atoms with van der Waals surface area (Å²) in [5.74, 6) is -0.911. The normalized spacial score (nSPS) is 13.5. The number of thiazole rings is 1. The van der Waals surface area contributed by atoms with Gasteiger partial charge in [0.1, 0.15) is 5.69 Å². The van der Waals surface area contributed by atoms with E-state index in [1.165, 1.54) is 18.4 Å². The summed E-state index contributed by atoms with van der Waals surface area (Å²) in [5.41, 5.74) is 7.47. The Morgan fingerprint density at radius 1 is 1.45 bits per heavy atom. The highest BCUT2D eigenvalue weighted by Crippen LogP contribution is 2.26. The number of nitrogens with one attached hydrogen (secondary N) is 2. The Hall–Kier alpha value is -2.19. The third-order valence-corrected chi connectivity index (χ3v) is 4.08. The zero-order chi connectivity index (χ0) is 16.3. The quantitative estimate of drug-likeness (QED) is 0.728. The number of nitrogens with two attached hydrogens (primary N) is 1. The number of ether oxygens (including phenoxy) is 1. The van der Waals surface area contributed by atoms with E-state index in [1.807, 2.05) is 0 Å². The van der Waals surface area contributed by atoms with Crippen LogP contribution in [-0.4, -0.2) is 35.0 Å². The van der Waals surface area contributed by atoms with Crippen molar-refractivity contribution in [1.29, 1.82) is 0 Å². The van der Waals surface area contributed by atoms with E-state index in [2.05, 4.69) is 20.0 Å². The Morgan fingerprint density at radius 3 is 2.82 bits per heavy atom. The summed E-state index contributed by atoms with van der Waals surface area (Å²) in [6.07, 6.45) is 1.66. The number of hydrogen-bond donors (Lipinski definition) is 3. The van der Waals surface area contributed by atoms with Crippen LogP contribution in [0, 0.1) is 5.92 Å². The maximum absolute atomic E-state index is 11.9. The average molecular weight is 322 g/mol. The molecule has 0 aliphatic heterocycles. The van der Waals surface area contributed by atoms with Crippen LogP contribution in [0.3, 0.4) is 0 Å². The van der Waals surface area contributed by atoms with Gasteiger partial charge in [0.2, 0.25) is 5.91 Å². The van der Waals surface area contributed by atoms with Gasteiger partial charge in [-0.25, -0.2) is 9.78 Å². The Balaban J connectivity index is 2.10. The van der Waals surface area contributed by atoms with E-state index < -0.39 is 5.97 Å². The molecule has 0 aliphatic carbocycles. The molecule has 0 spiro atoms. The van der Waals surface area contributed by atoms with Gasteiger partial charge >= 0.3 is 5.97 Å². The highest BCUT2D eigenvalue weighted by molar-refractivity contribution is 7.14. The van der Waals surface area contributed by atoms with Gasteiger partial charge in [0.25, 0.3) is 0 Å². The lowest BCUT2D eigenvalue weighted by molar-refractivity contribution is -0.119. The number of H-pyrrole nitrogens is 1. The molecule has 8 heteroatoms. The number of aromatic amines is 1. The second-order valence-corrected chi connectivity index (χ2v) is 5.83. The Morgan fingerprint density at radius 2 is 2.18 bits per heavy atom. The number of esters is 1. The topological polar surface area (TPSA) is 110 Å². The van der Waals surface area contributed by atoms with Crippen molar-refractivity contribution < 1.29 is 14.3 Å². The van der Waals surface area contributed by atoms with Crippen LogP contribution in [0.1, 0.15) is 24.3 Å². The first-order valence-electron chi connectivity index (χ1n) is 6.71. The molecule has 0 aromatic carbocycles. The minimum Gasteiger partial charge on any atom is -0.464 e. The molecule has 118 valence electrons. The summed E-state index contributed by atoms with van der Waals surface area (Å²) >= 11 is 1.31. The van der Waals surface area contributed by atoms with E-state index in [0.717, 1.165) is 5.56 Å². The maximum Gasteiger partial charge on any atom is 0.354 e. The summed E-state index contributed by atoms with van der Waals surface area (Å²) in [6, 6.07) is 1.42. The largest absolute Gasteiger partial charge is 0.464 e. The van der Waals surface area contributed by atoms with Gasteiger partial charge < -0.3 is 20.8 Å². The number of carbonyl (C=O) groups is 2. The predicted molar refractivity (Wildman–Crippen MR) is 84.7 cm³/mol. The minimum atomic E-state index is -0.444. The van der Waals surface area contributed by atoms with Crippen molar-refractivity contribution in [3.05, 3.63) is 23.3 Å². The van der Waals surface area contributed by atoms with Gasteiger partial charge in [0.05, 0.1) is 18.7 Å². The van der Waals surface area contributed by atoms with Crippen LogP contribution in [0.25, 0.3) is 11.3 Å². The molecule has 2 aromatic rings. The number of rotatable bonds is 5. The molecule has 0 aliphatic rings. The molecule has 22 heavy (non-hydrogen) atoms. The fourth-order valence-corrected chi connectivity index (χ4v) is 2.41. The lowest BCUT2D eigenvalue weighted by Crippen LogP contribution is -2.34. The van der Waals surface area contributed by atoms with Crippen LogP contribution in [0.2, 0.25) is 0 Å². The van der Waals surface area contributed by atoms with Gasteiger partial charge in [-0.3, -0.25) is 4.79 Å². The molecule has 0 radical (unpaired) electrons. The summed E-state index contributed by atoms with van der Waals surface area (Å²) < 4.78 is 4.64. The van der Waals surface area contributed by atoms with Crippen LogP contribution in [0.15, 0.2) is 17.6 Å². The van der Waals surface area contributed by atoms with E-state index >= 15 is 0 Å². The van der Waals surface area contributed by atoms with Crippen molar-refractivity contribution in [3.63, 3.8) is 0 Å². The van der Waals surface area contributed by atoms with Crippen LogP contribution >= 0.6 is 11.3 Å². The second-order valence-electron chi connectivity index (χ2n) is 4.97. The van der Waals surface area contributed by atoms with Crippen molar-refractivity contribution in [2.24, 2.45) is 11.7 Å². The van der Waals surface area contributed by atoms with E-state index in [-0.39, 0.29) is 17.9 Å². The monoisotopic (exact) mass is 322 g/mol. The molecule has 7 nitrogen and oxygen atoms in total. The molecule has 0 saturated carbocycles. The second kappa shape index (κ2) is 6.71. The zero-order valence-electron chi connectivity index (χ0n) is 12.5. The maximum atomic E-state index is 11.9. The number of nitrogens with zero attached hydrogens (tertiary/aromatic N) is 1. The number of anilines is 1. The highest BCUT2D eigenvalue weighted by atomic mass is 32.1. The van der Waals surface area contributed by atoms with Crippen LogP contribution < -0.4 is 11.1 Å². The van der Waals surface area contributed by atoms with Crippen molar-refractivity contribution in [2.45, 2.75) is 19.9 Å². The van der Waals surface area contributed by atoms with Gasteiger partial charge in [-0.2, -0.15) is 0 Å².